The maximum atomic E-state index is 13.7. The van der Waals surface area contributed by atoms with Crippen molar-refractivity contribution >= 4 is 16.9 Å². The molecule has 1 aromatic carbocycles. The zero-order valence-electron chi connectivity index (χ0n) is 20.6. The number of rotatable bonds is 5. The van der Waals surface area contributed by atoms with E-state index < -0.39 is 11.6 Å². The fourth-order valence-electron chi connectivity index (χ4n) is 5.83. The Balaban J connectivity index is 1.48. The van der Waals surface area contributed by atoms with Crippen molar-refractivity contribution in [1.29, 1.82) is 0 Å². The highest BCUT2D eigenvalue weighted by atomic mass is 16.6. The van der Waals surface area contributed by atoms with Crippen molar-refractivity contribution in [3.05, 3.63) is 56.9 Å². The molecule has 9 heteroatoms. The van der Waals surface area contributed by atoms with Crippen LogP contribution in [0, 0.1) is 0 Å². The second-order valence-corrected chi connectivity index (χ2v) is 9.75. The minimum Gasteiger partial charge on any atom is -0.497 e. The number of cyclic esters (lactones) is 1. The van der Waals surface area contributed by atoms with E-state index in [-0.39, 0.29) is 18.6 Å². The third-order valence-corrected chi connectivity index (χ3v) is 7.85. The van der Waals surface area contributed by atoms with Gasteiger partial charge in [0, 0.05) is 55.7 Å². The molecule has 1 fully saturated rings. The van der Waals surface area contributed by atoms with Gasteiger partial charge in [-0.05, 0) is 36.2 Å². The molecular formula is C27H30N4O5. The Hall–Kier alpha value is -3.27. The number of hydrogen-bond acceptors (Lipinski definition) is 8. The van der Waals surface area contributed by atoms with Crippen molar-refractivity contribution in [1.82, 2.24) is 19.8 Å². The maximum absolute atomic E-state index is 13.7. The molecule has 6 rings (SSSR count). The Labute approximate surface area is 208 Å². The van der Waals surface area contributed by atoms with Crippen molar-refractivity contribution < 1.29 is 19.4 Å². The molecule has 3 aromatic rings. The minimum absolute atomic E-state index is 0.132. The SMILES string of the molecule is CCc1c2c(nc3ccc(OC)cc13)-c1cc3c(c(=O)n1C2)COC(=O)[C@]3(O)CCN1CCNCC1. The van der Waals surface area contributed by atoms with E-state index >= 15 is 0 Å². The van der Waals surface area contributed by atoms with Crippen LogP contribution in [0.25, 0.3) is 22.3 Å². The predicted octanol–water partition coefficient (Wildman–Crippen LogP) is 1.54. The molecule has 36 heavy (non-hydrogen) atoms. The van der Waals surface area contributed by atoms with Crippen LogP contribution in [-0.4, -0.2) is 65.4 Å². The molecule has 5 heterocycles. The number of fused-ring (bicyclic) bond motifs is 5. The number of nitrogens with one attached hydrogen (secondary N) is 1. The van der Waals surface area contributed by atoms with Crippen LogP contribution in [0.3, 0.4) is 0 Å². The summed E-state index contributed by atoms with van der Waals surface area (Å²) >= 11 is 0. The molecule has 2 N–H and O–H groups in total. The fraction of sp³-hybridized carbons (Fsp3) is 0.444. The standard InChI is InChI=1S/C27H30N4O5/c1-3-17-18-12-16(35-2)4-5-22(18)29-24-19(17)14-31-23(24)13-21-20(25(31)32)15-36-26(33)27(21,34)6-9-30-10-7-28-8-11-30/h4-5,12-13,28,34H,3,6-11,14-15H2,1-2H3/t27-/m0/s1. The monoisotopic (exact) mass is 490 g/mol. The second-order valence-electron chi connectivity index (χ2n) is 9.75. The number of aliphatic hydroxyl groups is 1. The summed E-state index contributed by atoms with van der Waals surface area (Å²) in [4.78, 5) is 33.7. The molecule has 3 aliphatic heterocycles. The summed E-state index contributed by atoms with van der Waals surface area (Å²) in [7, 11) is 1.64. The topological polar surface area (TPSA) is 106 Å². The number of carbonyl (C=O) groups excluding carboxylic acids is 1. The molecule has 188 valence electrons. The summed E-state index contributed by atoms with van der Waals surface area (Å²) in [5.41, 5.74) is 2.89. The highest BCUT2D eigenvalue weighted by Gasteiger charge is 2.46. The highest BCUT2D eigenvalue weighted by molar-refractivity contribution is 5.90. The van der Waals surface area contributed by atoms with Crippen molar-refractivity contribution in [3.8, 4) is 17.1 Å². The van der Waals surface area contributed by atoms with Gasteiger partial charge >= 0.3 is 5.97 Å². The van der Waals surface area contributed by atoms with Gasteiger partial charge in [-0.15, -0.1) is 0 Å². The number of piperazine rings is 1. The van der Waals surface area contributed by atoms with Gasteiger partial charge in [-0.25, -0.2) is 9.78 Å². The summed E-state index contributed by atoms with van der Waals surface area (Å²) in [6.45, 7) is 6.32. The summed E-state index contributed by atoms with van der Waals surface area (Å²) in [6, 6.07) is 7.58. The largest absolute Gasteiger partial charge is 0.497 e. The van der Waals surface area contributed by atoms with E-state index in [0.717, 1.165) is 66.1 Å². The zero-order chi connectivity index (χ0) is 25.0. The van der Waals surface area contributed by atoms with Crippen LogP contribution in [0.1, 0.15) is 35.6 Å². The van der Waals surface area contributed by atoms with Gasteiger partial charge < -0.3 is 29.4 Å². The van der Waals surface area contributed by atoms with Gasteiger partial charge in [0.1, 0.15) is 12.4 Å². The highest BCUT2D eigenvalue weighted by Crippen LogP contribution is 2.40. The average Bonchev–Trinajstić information content (AvgIpc) is 3.27. The number of nitrogens with zero attached hydrogens (tertiary/aromatic N) is 3. The third-order valence-electron chi connectivity index (χ3n) is 7.85. The molecular weight excluding hydrogens is 460 g/mol. The number of methoxy groups -OCH3 is 1. The lowest BCUT2D eigenvalue weighted by molar-refractivity contribution is -0.173. The number of ether oxygens (including phenoxy) is 2. The lowest BCUT2D eigenvalue weighted by Crippen LogP contribution is -2.49. The Morgan fingerprint density at radius 2 is 2.00 bits per heavy atom. The first-order valence-electron chi connectivity index (χ1n) is 12.5. The third kappa shape index (κ3) is 3.45. The van der Waals surface area contributed by atoms with Gasteiger partial charge in [0.15, 0.2) is 5.60 Å². The van der Waals surface area contributed by atoms with Gasteiger partial charge in [0.25, 0.3) is 5.56 Å². The molecule has 0 radical (unpaired) electrons. The van der Waals surface area contributed by atoms with Gasteiger partial charge in [-0.2, -0.15) is 0 Å². The van der Waals surface area contributed by atoms with Crippen LogP contribution in [0.2, 0.25) is 0 Å². The van der Waals surface area contributed by atoms with E-state index in [1.165, 1.54) is 0 Å². The summed E-state index contributed by atoms with van der Waals surface area (Å²) in [6.07, 6.45) is 0.937. The molecule has 0 spiro atoms. The van der Waals surface area contributed by atoms with E-state index in [1.807, 2.05) is 18.2 Å². The van der Waals surface area contributed by atoms with Gasteiger partial charge in [-0.1, -0.05) is 6.92 Å². The Morgan fingerprint density at radius 3 is 2.75 bits per heavy atom. The first-order chi connectivity index (χ1) is 17.4. The number of esters is 1. The zero-order valence-corrected chi connectivity index (χ0v) is 20.6. The van der Waals surface area contributed by atoms with E-state index in [9.17, 15) is 14.7 Å². The van der Waals surface area contributed by atoms with Crippen LogP contribution >= 0.6 is 0 Å². The number of benzene rings is 1. The summed E-state index contributed by atoms with van der Waals surface area (Å²) < 4.78 is 12.5. The van der Waals surface area contributed by atoms with Crippen molar-refractivity contribution in [3.63, 3.8) is 0 Å². The first-order valence-corrected chi connectivity index (χ1v) is 12.5. The van der Waals surface area contributed by atoms with E-state index in [2.05, 4.69) is 17.1 Å². The molecule has 0 saturated carbocycles. The number of pyridine rings is 2. The molecule has 9 nitrogen and oxygen atoms in total. The normalized spacial score (nSPS) is 21.1. The van der Waals surface area contributed by atoms with Crippen molar-refractivity contribution in [2.75, 3.05) is 39.8 Å². The van der Waals surface area contributed by atoms with Crippen LogP contribution in [-0.2, 0) is 34.7 Å². The van der Waals surface area contributed by atoms with Gasteiger partial charge in [0.05, 0.1) is 36.1 Å². The van der Waals surface area contributed by atoms with Crippen molar-refractivity contribution in [2.45, 2.75) is 38.5 Å². The van der Waals surface area contributed by atoms with E-state index in [0.29, 0.717) is 29.9 Å². The number of carbonyl (C=O) groups is 1. The molecule has 0 unspecified atom stereocenters. The maximum Gasteiger partial charge on any atom is 0.343 e. The fourth-order valence-corrected chi connectivity index (χ4v) is 5.83. The summed E-state index contributed by atoms with van der Waals surface area (Å²) in [5.74, 6) is 0.0628. The lowest BCUT2D eigenvalue weighted by Gasteiger charge is -2.35. The second kappa shape index (κ2) is 8.69. The molecule has 3 aliphatic rings. The summed E-state index contributed by atoms with van der Waals surface area (Å²) in [5, 5.41) is 16.0. The minimum atomic E-state index is -1.87. The Bertz CT molecular complexity index is 1440. The van der Waals surface area contributed by atoms with Crippen LogP contribution < -0.4 is 15.6 Å². The molecule has 1 saturated heterocycles. The molecule has 0 bridgehead atoms. The Morgan fingerprint density at radius 1 is 1.19 bits per heavy atom. The molecule has 1 atom stereocenters. The quantitative estimate of drug-likeness (QED) is 0.406. The van der Waals surface area contributed by atoms with E-state index in [1.54, 1.807) is 17.7 Å². The lowest BCUT2D eigenvalue weighted by atomic mass is 9.85. The van der Waals surface area contributed by atoms with E-state index in [4.69, 9.17) is 14.5 Å². The number of aromatic nitrogens is 2. The number of hydrogen-bond donors (Lipinski definition) is 2. The smallest absolute Gasteiger partial charge is 0.343 e. The molecule has 0 aliphatic carbocycles. The molecule has 2 aromatic heterocycles. The first kappa shape index (κ1) is 23.1. The average molecular weight is 491 g/mol. The van der Waals surface area contributed by atoms with Crippen LogP contribution in [0.4, 0.5) is 0 Å². The number of aryl methyl sites for hydroxylation is 1. The van der Waals surface area contributed by atoms with Crippen LogP contribution in [0.15, 0.2) is 29.1 Å². The van der Waals surface area contributed by atoms with Crippen molar-refractivity contribution in [2.24, 2.45) is 0 Å². The Kier molecular flexibility index (Phi) is 5.59. The molecule has 0 amide bonds. The predicted molar refractivity (Wildman–Crippen MR) is 134 cm³/mol. The van der Waals surface area contributed by atoms with Gasteiger partial charge in [-0.3, -0.25) is 4.79 Å². The van der Waals surface area contributed by atoms with Crippen LogP contribution in [0.5, 0.6) is 5.75 Å². The van der Waals surface area contributed by atoms with Gasteiger partial charge in [0.2, 0.25) is 0 Å².